The van der Waals surface area contributed by atoms with Crippen molar-refractivity contribution in [3.8, 4) is 22.3 Å². The molecule has 0 atom stereocenters. The SMILES string of the molecule is [2H]c1c([2H])c([2H])c(N(c2ccc3c(c2)N(c2ccc4c(c2)-c2ccccc2C4(C)C)c2cc(C(C)(C)C)cc4c2B3c2cc(C(C)(C)C)ccc2N4c2ccc(C(C)(C)C)cc2)c2ccc(C(C)(C)C)cc2-c2ccccc2)c([2H])c1[2H]. The predicted molar refractivity (Wildman–Crippen MR) is 333 cm³/mol. The summed E-state index contributed by atoms with van der Waals surface area (Å²) in [7, 11) is 0. The van der Waals surface area contributed by atoms with E-state index in [1.54, 1.807) is 0 Å². The van der Waals surface area contributed by atoms with Crippen molar-refractivity contribution in [3.05, 3.63) is 227 Å². The lowest BCUT2D eigenvalue weighted by atomic mass is 9.33. The summed E-state index contributed by atoms with van der Waals surface area (Å²) < 4.78 is 46.6. The number of benzene rings is 9. The van der Waals surface area contributed by atoms with Crippen LogP contribution in [0.25, 0.3) is 22.3 Å². The van der Waals surface area contributed by atoms with Gasteiger partial charge in [0.2, 0.25) is 0 Å². The van der Waals surface area contributed by atoms with Crippen molar-refractivity contribution < 1.29 is 6.85 Å². The van der Waals surface area contributed by atoms with E-state index in [9.17, 15) is 2.74 Å². The highest BCUT2D eigenvalue weighted by Gasteiger charge is 2.46. The third-order valence-corrected chi connectivity index (χ3v) is 16.8. The summed E-state index contributed by atoms with van der Waals surface area (Å²) in [6.45, 7) is 31.6. The van der Waals surface area contributed by atoms with Crippen LogP contribution in [0.3, 0.4) is 0 Å². The smallest absolute Gasteiger partial charge is 0.252 e. The molecule has 0 unspecified atom stereocenters. The van der Waals surface area contributed by atoms with Crippen molar-refractivity contribution in [3.63, 3.8) is 0 Å². The maximum atomic E-state index is 9.73. The van der Waals surface area contributed by atoms with Crippen LogP contribution in [0.4, 0.5) is 51.2 Å². The Hall–Kier alpha value is -7.56. The van der Waals surface area contributed by atoms with E-state index < -0.39 is 18.1 Å². The van der Waals surface area contributed by atoms with E-state index in [-0.39, 0.29) is 51.6 Å². The number of rotatable bonds is 6. The molecule has 3 nitrogen and oxygen atoms in total. The summed E-state index contributed by atoms with van der Waals surface area (Å²) in [6.07, 6.45) is 0. The van der Waals surface area contributed by atoms with Gasteiger partial charge < -0.3 is 14.7 Å². The zero-order valence-electron chi connectivity index (χ0n) is 52.5. The van der Waals surface area contributed by atoms with Crippen molar-refractivity contribution in [2.75, 3.05) is 14.7 Å². The van der Waals surface area contributed by atoms with Gasteiger partial charge in [0.1, 0.15) is 0 Å². The number of para-hydroxylation sites is 1. The van der Waals surface area contributed by atoms with E-state index in [4.69, 9.17) is 4.11 Å². The average Bonchev–Trinajstić information content (AvgIpc) is 2.10. The summed E-state index contributed by atoms with van der Waals surface area (Å²) >= 11 is 0. The molecular weight excluding hydrogens is 930 g/mol. The van der Waals surface area contributed by atoms with Crippen LogP contribution in [0.5, 0.6) is 0 Å². The zero-order valence-corrected chi connectivity index (χ0v) is 47.5. The number of hydrogen-bond donors (Lipinski definition) is 0. The molecule has 384 valence electrons. The first-order valence-corrected chi connectivity index (χ1v) is 27.5. The van der Waals surface area contributed by atoms with Gasteiger partial charge in [-0.15, -0.1) is 0 Å². The van der Waals surface area contributed by atoms with E-state index >= 15 is 0 Å². The molecule has 2 heterocycles. The normalized spacial score (nSPS) is 15.3. The summed E-state index contributed by atoms with van der Waals surface area (Å²) in [5.74, 6) is 0. The third-order valence-electron chi connectivity index (χ3n) is 16.8. The highest BCUT2D eigenvalue weighted by Crippen LogP contribution is 2.53. The minimum absolute atomic E-state index is 0.0257. The van der Waals surface area contributed by atoms with Gasteiger partial charge in [0.25, 0.3) is 6.71 Å². The topological polar surface area (TPSA) is 9.72 Å². The molecule has 12 rings (SSSR count). The van der Waals surface area contributed by atoms with Gasteiger partial charge in [0.05, 0.1) is 12.5 Å². The largest absolute Gasteiger partial charge is 0.311 e. The van der Waals surface area contributed by atoms with Crippen LogP contribution in [0, 0.1) is 0 Å². The highest BCUT2D eigenvalue weighted by molar-refractivity contribution is 7.00. The Bertz CT molecular complexity index is 4050. The minimum Gasteiger partial charge on any atom is -0.311 e. The van der Waals surface area contributed by atoms with Crippen molar-refractivity contribution in [2.24, 2.45) is 0 Å². The van der Waals surface area contributed by atoms with Crippen molar-refractivity contribution in [2.45, 2.75) is 124 Å². The first kappa shape index (κ1) is 44.6. The Morgan fingerprint density at radius 3 is 1.65 bits per heavy atom. The number of nitrogens with zero attached hydrogens (tertiary/aromatic N) is 3. The molecule has 0 fully saturated rings. The molecular formula is C73H74BN3. The van der Waals surface area contributed by atoms with Crippen LogP contribution in [0.1, 0.15) is 137 Å². The van der Waals surface area contributed by atoms with E-state index in [0.29, 0.717) is 11.4 Å². The molecule has 9 aromatic carbocycles. The predicted octanol–water partition coefficient (Wildman–Crippen LogP) is 18.4. The molecule has 1 aliphatic carbocycles. The molecule has 4 heteroatoms. The molecule has 0 saturated heterocycles. The fourth-order valence-corrected chi connectivity index (χ4v) is 12.3. The Morgan fingerprint density at radius 1 is 0.416 bits per heavy atom. The van der Waals surface area contributed by atoms with E-state index in [1.165, 1.54) is 49.9 Å². The highest BCUT2D eigenvalue weighted by atomic mass is 15.2. The molecule has 9 aromatic rings. The molecule has 0 spiro atoms. The number of hydrogen-bond acceptors (Lipinski definition) is 3. The van der Waals surface area contributed by atoms with Gasteiger partial charge in [-0.25, -0.2) is 0 Å². The Kier molecular flexibility index (Phi) is 10.3. The average molecular weight is 1010 g/mol. The maximum absolute atomic E-state index is 9.73. The van der Waals surface area contributed by atoms with Gasteiger partial charge in [-0.1, -0.05) is 212 Å². The Morgan fingerprint density at radius 2 is 0.987 bits per heavy atom. The van der Waals surface area contributed by atoms with Crippen molar-refractivity contribution >= 4 is 74.3 Å². The second kappa shape index (κ2) is 17.7. The summed E-state index contributed by atoms with van der Waals surface area (Å²) in [6, 6.07) is 58.4. The van der Waals surface area contributed by atoms with Gasteiger partial charge in [-0.3, -0.25) is 0 Å². The fourth-order valence-electron chi connectivity index (χ4n) is 12.3. The van der Waals surface area contributed by atoms with Crippen LogP contribution >= 0.6 is 0 Å². The maximum Gasteiger partial charge on any atom is 0.252 e. The van der Waals surface area contributed by atoms with Gasteiger partial charge in [-0.05, 0) is 167 Å². The van der Waals surface area contributed by atoms with Gasteiger partial charge in [0.15, 0.2) is 0 Å². The van der Waals surface area contributed by atoms with Crippen LogP contribution < -0.4 is 31.1 Å². The summed E-state index contributed by atoms with van der Waals surface area (Å²) in [5.41, 5.74) is 22.1. The van der Waals surface area contributed by atoms with Crippen LogP contribution in [0.2, 0.25) is 0 Å². The van der Waals surface area contributed by atoms with Crippen LogP contribution in [-0.2, 0) is 27.1 Å². The minimum atomic E-state index is -0.435. The lowest BCUT2D eigenvalue weighted by Crippen LogP contribution is -2.61. The molecule has 0 radical (unpaired) electrons. The molecule has 0 N–H and O–H groups in total. The summed E-state index contributed by atoms with van der Waals surface area (Å²) in [4.78, 5) is 6.90. The standard InChI is InChI=1S/C73H74BN3/c1-69(2,3)48-29-33-53(34-30-48)76-64-40-32-50(71(7,8)9)42-62(64)74-61-38-36-55(75(52-25-19-16-20-26-52)63-39-31-49(70(4,5)6)41-57(63)47-23-17-15-18-24-47)46-65(61)77(67-44-51(72(10,11)12)43-66(76)68(67)74)54-35-37-60-58(45-54)56-27-21-22-28-59(56)73(60,13)14/h15-46H,1-14H3/i16D,19D,20D,25D,26D. The lowest BCUT2D eigenvalue weighted by Gasteiger charge is -2.46. The number of fused-ring (bicyclic) bond motifs is 7. The Labute approximate surface area is 467 Å². The van der Waals surface area contributed by atoms with Crippen molar-refractivity contribution in [1.29, 1.82) is 0 Å². The Balaban J connectivity index is 1.22. The van der Waals surface area contributed by atoms with E-state index in [0.717, 1.165) is 56.3 Å². The molecule has 2 aliphatic heterocycles. The first-order chi connectivity index (χ1) is 38.5. The van der Waals surface area contributed by atoms with E-state index in [2.05, 4.69) is 252 Å². The molecule has 3 aliphatic rings. The van der Waals surface area contributed by atoms with Gasteiger partial charge >= 0.3 is 0 Å². The molecule has 0 bridgehead atoms. The first-order valence-electron chi connectivity index (χ1n) is 30.0. The van der Waals surface area contributed by atoms with Crippen LogP contribution in [-0.4, -0.2) is 6.71 Å². The van der Waals surface area contributed by atoms with Gasteiger partial charge in [0, 0.05) is 56.5 Å². The van der Waals surface area contributed by atoms with Crippen molar-refractivity contribution in [1.82, 2.24) is 0 Å². The quantitative estimate of drug-likeness (QED) is 0.154. The second-order valence-electron chi connectivity index (χ2n) is 26.4. The molecule has 77 heavy (non-hydrogen) atoms. The molecule has 0 saturated carbocycles. The molecule has 0 amide bonds. The zero-order chi connectivity index (χ0) is 58.5. The fraction of sp³-hybridized carbons (Fsp3) is 0.260. The second-order valence-corrected chi connectivity index (χ2v) is 26.4. The van der Waals surface area contributed by atoms with Gasteiger partial charge in [-0.2, -0.15) is 0 Å². The van der Waals surface area contributed by atoms with Crippen LogP contribution in [0.15, 0.2) is 194 Å². The number of anilines is 9. The van der Waals surface area contributed by atoms with E-state index in [1.807, 2.05) is 23.1 Å². The monoisotopic (exact) mass is 1010 g/mol. The lowest BCUT2D eigenvalue weighted by molar-refractivity contribution is 0.589. The molecule has 0 aromatic heterocycles. The third kappa shape index (κ3) is 8.42. The summed E-state index contributed by atoms with van der Waals surface area (Å²) in [5, 5.41) is 0.